The highest BCUT2D eigenvalue weighted by atomic mass is 19.4. The van der Waals surface area contributed by atoms with E-state index in [4.69, 9.17) is 10.00 Å². The molecule has 2 rings (SSSR count). The molecule has 0 unspecified atom stereocenters. The van der Waals surface area contributed by atoms with Crippen LogP contribution in [-0.2, 0) is 0 Å². The van der Waals surface area contributed by atoms with Crippen LogP contribution in [0.5, 0.6) is 5.75 Å². The number of methoxy groups -OCH3 is 1. The Balaban J connectivity index is 2.17. The number of benzene rings is 1. The topological polar surface area (TPSA) is 36.3 Å². The number of nitriles is 1. The molecule has 1 aromatic rings. The van der Waals surface area contributed by atoms with Crippen molar-refractivity contribution in [1.82, 2.24) is 4.90 Å². The predicted octanol–water partition coefficient (Wildman–Crippen LogP) is 2.84. The van der Waals surface area contributed by atoms with E-state index in [2.05, 4.69) is 6.07 Å². The zero-order valence-electron chi connectivity index (χ0n) is 11.3. The van der Waals surface area contributed by atoms with Crippen molar-refractivity contribution in [3.63, 3.8) is 0 Å². The van der Waals surface area contributed by atoms with Crippen molar-refractivity contribution in [2.75, 3.05) is 26.7 Å². The maximum absolute atomic E-state index is 12.3. The Hall–Kier alpha value is -1.74. The van der Waals surface area contributed by atoms with E-state index in [-0.39, 0.29) is 5.92 Å². The molecule has 0 amide bonds. The van der Waals surface area contributed by atoms with Gasteiger partial charge in [-0.05, 0) is 24.6 Å². The van der Waals surface area contributed by atoms with Crippen molar-refractivity contribution in [1.29, 1.82) is 5.26 Å². The molecule has 0 radical (unpaired) electrons. The number of hydrogen-bond donors (Lipinski definition) is 0. The number of rotatable bonds is 3. The summed E-state index contributed by atoms with van der Waals surface area (Å²) in [4.78, 5) is 1.35. The van der Waals surface area contributed by atoms with Gasteiger partial charge in [0.2, 0.25) is 0 Å². The second-order valence-electron chi connectivity index (χ2n) is 4.97. The first-order valence-corrected chi connectivity index (χ1v) is 6.22. The molecule has 1 heterocycles. The first-order chi connectivity index (χ1) is 9.35. The lowest BCUT2D eigenvalue weighted by molar-refractivity contribution is -0.154. The molecule has 0 bridgehead atoms. The third kappa shape index (κ3) is 2.88. The van der Waals surface area contributed by atoms with Gasteiger partial charge in [-0.1, -0.05) is 0 Å². The van der Waals surface area contributed by atoms with Crippen LogP contribution in [0.4, 0.5) is 13.2 Å². The van der Waals surface area contributed by atoms with Crippen LogP contribution in [0.2, 0.25) is 0 Å². The van der Waals surface area contributed by atoms with Gasteiger partial charge < -0.3 is 4.74 Å². The molecule has 108 valence electrons. The van der Waals surface area contributed by atoms with Crippen LogP contribution in [-0.4, -0.2) is 37.8 Å². The third-order valence-electron chi connectivity index (χ3n) is 3.58. The van der Waals surface area contributed by atoms with Gasteiger partial charge in [-0.25, -0.2) is 0 Å². The Morgan fingerprint density at radius 3 is 2.55 bits per heavy atom. The van der Waals surface area contributed by atoms with Crippen molar-refractivity contribution in [3.8, 4) is 11.8 Å². The molecule has 0 aromatic heterocycles. The van der Waals surface area contributed by atoms with E-state index in [1.165, 1.54) is 12.0 Å². The Morgan fingerprint density at radius 1 is 1.40 bits per heavy atom. The number of halogens is 3. The Bertz CT molecular complexity index is 543. The zero-order valence-corrected chi connectivity index (χ0v) is 11.3. The van der Waals surface area contributed by atoms with Crippen molar-refractivity contribution in [3.05, 3.63) is 28.8 Å². The zero-order chi connectivity index (χ0) is 14.9. The molecule has 0 spiro atoms. The van der Waals surface area contributed by atoms with Gasteiger partial charge in [0.15, 0.2) is 0 Å². The monoisotopic (exact) mass is 284 g/mol. The van der Waals surface area contributed by atoms with Crippen molar-refractivity contribution in [2.24, 2.45) is 0 Å². The number of ether oxygens (including phenoxy) is 1. The molecule has 6 heteroatoms. The summed E-state index contributed by atoms with van der Waals surface area (Å²) in [7, 11) is 1.52. The number of hydrogen-bond acceptors (Lipinski definition) is 3. The van der Waals surface area contributed by atoms with E-state index >= 15 is 0 Å². The van der Waals surface area contributed by atoms with Crippen LogP contribution in [0, 0.1) is 18.3 Å². The Morgan fingerprint density at radius 2 is 2.05 bits per heavy atom. The van der Waals surface area contributed by atoms with E-state index in [0.717, 1.165) is 11.1 Å². The van der Waals surface area contributed by atoms with Crippen molar-refractivity contribution < 1.29 is 17.9 Å². The molecular formula is C14H15F3N2O. The van der Waals surface area contributed by atoms with Crippen LogP contribution in [0.3, 0.4) is 0 Å². The maximum Gasteiger partial charge on any atom is 0.401 e. The fourth-order valence-electron chi connectivity index (χ4n) is 2.65. The van der Waals surface area contributed by atoms with Crippen LogP contribution in [0.25, 0.3) is 0 Å². The van der Waals surface area contributed by atoms with E-state index in [1.54, 1.807) is 12.1 Å². The number of likely N-dealkylation sites (tertiary alicyclic amines) is 1. The van der Waals surface area contributed by atoms with Crippen LogP contribution in [0.1, 0.15) is 22.6 Å². The molecule has 1 saturated heterocycles. The summed E-state index contributed by atoms with van der Waals surface area (Å²) in [5.41, 5.74) is 2.18. The smallest absolute Gasteiger partial charge is 0.401 e. The average Bonchev–Trinajstić information content (AvgIpc) is 2.32. The fraction of sp³-hybridized carbons (Fsp3) is 0.500. The van der Waals surface area contributed by atoms with Crippen molar-refractivity contribution >= 4 is 0 Å². The van der Waals surface area contributed by atoms with E-state index in [0.29, 0.717) is 24.4 Å². The summed E-state index contributed by atoms with van der Waals surface area (Å²) in [5.74, 6) is 0.624. The summed E-state index contributed by atoms with van der Waals surface area (Å²) < 4.78 is 42.1. The molecule has 0 N–H and O–H groups in total. The SMILES string of the molecule is COc1ccc(C#N)c(C)c1C1CN(CC(F)(F)F)C1. The minimum Gasteiger partial charge on any atom is -0.496 e. The Labute approximate surface area is 115 Å². The summed E-state index contributed by atoms with van der Waals surface area (Å²) in [6.07, 6.45) is -4.17. The van der Waals surface area contributed by atoms with Gasteiger partial charge in [-0.15, -0.1) is 0 Å². The Kier molecular flexibility index (Phi) is 3.91. The van der Waals surface area contributed by atoms with E-state index in [1.807, 2.05) is 6.92 Å². The summed E-state index contributed by atoms with van der Waals surface area (Å²) in [5, 5.41) is 9.03. The molecule has 3 nitrogen and oxygen atoms in total. The first kappa shape index (κ1) is 14.7. The lowest BCUT2D eigenvalue weighted by Crippen LogP contribution is -2.49. The normalized spacial score (nSPS) is 16.6. The maximum atomic E-state index is 12.3. The minimum atomic E-state index is -4.17. The van der Waals surface area contributed by atoms with Crippen LogP contribution in [0.15, 0.2) is 12.1 Å². The largest absolute Gasteiger partial charge is 0.496 e. The van der Waals surface area contributed by atoms with Crippen LogP contribution >= 0.6 is 0 Å². The second-order valence-corrected chi connectivity index (χ2v) is 4.97. The summed E-state index contributed by atoms with van der Waals surface area (Å²) in [6, 6.07) is 5.46. The average molecular weight is 284 g/mol. The number of nitrogens with zero attached hydrogens (tertiary/aromatic N) is 2. The van der Waals surface area contributed by atoms with Crippen molar-refractivity contribution in [2.45, 2.75) is 19.0 Å². The predicted molar refractivity (Wildman–Crippen MR) is 67.7 cm³/mol. The van der Waals surface area contributed by atoms with Gasteiger partial charge in [0, 0.05) is 24.6 Å². The first-order valence-electron chi connectivity index (χ1n) is 6.22. The van der Waals surface area contributed by atoms with Gasteiger partial charge >= 0.3 is 6.18 Å². The third-order valence-corrected chi connectivity index (χ3v) is 3.58. The van der Waals surface area contributed by atoms with E-state index < -0.39 is 12.7 Å². The summed E-state index contributed by atoms with van der Waals surface area (Å²) >= 11 is 0. The highest BCUT2D eigenvalue weighted by Crippen LogP contribution is 2.38. The van der Waals surface area contributed by atoms with Gasteiger partial charge in [-0.2, -0.15) is 18.4 Å². The second kappa shape index (κ2) is 5.33. The molecular weight excluding hydrogens is 269 g/mol. The molecule has 20 heavy (non-hydrogen) atoms. The van der Waals surface area contributed by atoms with Gasteiger partial charge in [0.05, 0.1) is 25.3 Å². The lowest BCUT2D eigenvalue weighted by Gasteiger charge is -2.41. The van der Waals surface area contributed by atoms with Crippen LogP contribution < -0.4 is 4.74 Å². The molecule has 0 aliphatic carbocycles. The fourth-order valence-corrected chi connectivity index (χ4v) is 2.65. The molecule has 0 saturated carbocycles. The molecule has 1 aliphatic heterocycles. The number of alkyl halides is 3. The van der Waals surface area contributed by atoms with Gasteiger partial charge in [-0.3, -0.25) is 4.90 Å². The lowest BCUT2D eigenvalue weighted by atomic mass is 9.86. The molecule has 1 aromatic carbocycles. The van der Waals surface area contributed by atoms with Gasteiger partial charge in [0.1, 0.15) is 5.75 Å². The van der Waals surface area contributed by atoms with E-state index in [9.17, 15) is 13.2 Å². The minimum absolute atomic E-state index is 0.0133. The quantitative estimate of drug-likeness (QED) is 0.856. The molecule has 0 atom stereocenters. The highest BCUT2D eigenvalue weighted by Gasteiger charge is 2.39. The summed E-state index contributed by atoms with van der Waals surface area (Å²) in [6.45, 7) is 1.60. The van der Waals surface area contributed by atoms with Gasteiger partial charge in [0.25, 0.3) is 0 Å². The standard InChI is InChI=1S/C14H15F3N2O/c1-9-10(5-18)3-4-12(20-2)13(9)11-6-19(7-11)8-14(15,16)17/h3-4,11H,6-8H2,1-2H3. The molecule has 1 fully saturated rings. The molecule has 1 aliphatic rings. The highest BCUT2D eigenvalue weighted by molar-refractivity contribution is 5.51.